The Morgan fingerprint density at radius 3 is 2.76 bits per heavy atom. The van der Waals surface area contributed by atoms with E-state index in [1.54, 1.807) is 4.90 Å². The van der Waals surface area contributed by atoms with E-state index in [0.29, 0.717) is 26.2 Å². The van der Waals surface area contributed by atoms with Crippen LogP contribution in [0.4, 0.5) is 10.5 Å². The van der Waals surface area contributed by atoms with Crippen LogP contribution in [-0.4, -0.2) is 118 Å². The Bertz CT molecular complexity index is 1670. The highest BCUT2D eigenvalue weighted by atomic mass is 16.6. The molecule has 6 atom stereocenters. The first-order valence-electron chi connectivity index (χ1n) is 18.2. The van der Waals surface area contributed by atoms with E-state index in [0.717, 1.165) is 55.1 Å². The van der Waals surface area contributed by atoms with Gasteiger partial charge in [0, 0.05) is 49.5 Å². The number of nitrogens with zero attached hydrogens (tertiary/aromatic N) is 5. The zero-order chi connectivity index (χ0) is 34.8. The molecule has 1 saturated carbocycles. The van der Waals surface area contributed by atoms with Gasteiger partial charge in [-0.15, -0.1) is 0 Å². The van der Waals surface area contributed by atoms with Crippen LogP contribution in [-0.2, 0) is 25.6 Å². The number of allylic oxidation sites excluding steroid dienone is 1. The molecule has 6 unspecified atom stereocenters. The maximum absolute atomic E-state index is 13.9. The number of ether oxygens (including phenoxy) is 2. The van der Waals surface area contributed by atoms with Gasteiger partial charge < -0.3 is 29.2 Å². The zero-order valence-electron chi connectivity index (χ0n) is 29.6. The summed E-state index contributed by atoms with van der Waals surface area (Å²) < 4.78 is 13.9. The van der Waals surface area contributed by atoms with E-state index in [1.165, 1.54) is 0 Å². The minimum atomic E-state index is -0.535. The van der Waals surface area contributed by atoms with Crippen molar-refractivity contribution in [3.63, 3.8) is 0 Å². The molecule has 0 spiro atoms. The molecule has 3 amide bonds. The first-order valence-corrected chi connectivity index (χ1v) is 18.2. The molecule has 0 radical (unpaired) electrons. The van der Waals surface area contributed by atoms with Crippen LogP contribution >= 0.6 is 0 Å². The molecule has 4 N–H and O–H groups in total. The number of carbonyl (C=O) groups is 3. The van der Waals surface area contributed by atoms with Crippen LogP contribution < -0.4 is 21.3 Å². The van der Waals surface area contributed by atoms with Crippen molar-refractivity contribution >= 4 is 34.5 Å². The molecule has 270 valence electrons. The van der Waals surface area contributed by atoms with Crippen LogP contribution in [0.3, 0.4) is 0 Å². The third kappa shape index (κ3) is 6.25. The van der Waals surface area contributed by atoms with E-state index in [-0.39, 0.29) is 66.9 Å². The van der Waals surface area contributed by atoms with E-state index in [9.17, 15) is 14.4 Å². The molecule has 2 aromatic rings. The van der Waals surface area contributed by atoms with E-state index in [2.05, 4.69) is 73.5 Å². The van der Waals surface area contributed by atoms with Crippen LogP contribution in [0.1, 0.15) is 59.3 Å². The van der Waals surface area contributed by atoms with Crippen molar-refractivity contribution in [3.05, 3.63) is 42.6 Å². The number of hydrogen-bond acceptors (Lipinski definition) is 10. The van der Waals surface area contributed by atoms with Gasteiger partial charge in [0.25, 0.3) is 0 Å². The second-order valence-electron chi connectivity index (χ2n) is 15.7. The van der Waals surface area contributed by atoms with Crippen molar-refractivity contribution < 1.29 is 23.9 Å². The van der Waals surface area contributed by atoms with Crippen LogP contribution in [0.5, 0.6) is 0 Å². The fourth-order valence-corrected chi connectivity index (χ4v) is 8.35. The second kappa shape index (κ2) is 12.8. The van der Waals surface area contributed by atoms with Crippen LogP contribution in [0.2, 0.25) is 0 Å². The van der Waals surface area contributed by atoms with Crippen molar-refractivity contribution in [2.75, 3.05) is 38.6 Å². The smallest absolute Gasteiger partial charge is 0.410 e. The third-order valence-corrected chi connectivity index (χ3v) is 11.2. The zero-order valence-corrected chi connectivity index (χ0v) is 29.6. The molecule has 14 nitrogen and oxygen atoms in total. The van der Waals surface area contributed by atoms with Gasteiger partial charge in [-0.25, -0.2) is 4.79 Å². The number of fused-ring (bicyclic) bond motifs is 6. The molecule has 2 bridgehead atoms. The number of anilines is 1. The minimum Gasteiger partial charge on any atom is -0.444 e. The van der Waals surface area contributed by atoms with Crippen molar-refractivity contribution in [1.82, 2.24) is 40.3 Å². The number of carbonyl (C=O) groups excluding carboxylic acids is 3. The number of nitrogens with one attached hydrogen (secondary N) is 4. The summed E-state index contributed by atoms with van der Waals surface area (Å²) in [4.78, 5) is 43.3. The van der Waals surface area contributed by atoms with Crippen molar-refractivity contribution in [2.24, 2.45) is 5.92 Å². The Balaban J connectivity index is 0.973. The van der Waals surface area contributed by atoms with Crippen molar-refractivity contribution in [1.29, 1.82) is 0 Å². The predicted molar refractivity (Wildman–Crippen MR) is 187 cm³/mol. The van der Waals surface area contributed by atoms with Gasteiger partial charge in [-0.3, -0.25) is 30.5 Å². The fraction of sp³-hybridized carbons (Fsp3) is 0.639. The molecule has 1 aromatic carbocycles. The van der Waals surface area contributed by atoms with E-state index in [1.807, 2.05) is 37.7 Å². The van der Waals surface area contributed by atoms with Gasteiger partial charge in [0.1, 0.15) is 24.7 Å². The lowest BCUT2D eigenvalue weighted by molar-refractivity contribution is -0.176. The number of piperidine rings is 1. The molecule has 6 heterocycles. The van der Waals surface area contributed by atoms with E-state index < -0.39 is 5.60 Å². The standard InChI is InChI=1S/C36H51N9O5/c1-35(2,3)50-34(48)41(4)36(14-15-36)22-42-18-13-23-19-24(9-10-26(23)42)38-33-37-20-25-30(40-33)45-28-12-11-27-31(39-28)43(29(46)21-49-27)16-7-5-6-8-17-44(45)32(25)47/h6,8-10,13,18-19,25,27-28,30-31,33,37-40H,5,7,11-12,14-17,20-22H2,1-4H3/b8-6-. The summed E-state index contributed by atoms with van der Waals surface area (Å²) in [6, 6.07) is 8.46. The molecule has 50 heavy (non-hydrogen) atoms. The molecule has 1 aliphatic carbocycles. The molecule has 5 aliphatic heterocycles. The Kier molecular flexibility index (Phi) is 8.58. The van der Waals surface area contributed by atoms with Gasteiger partial charge in [-0.2, -0.15) is 5.01 Å². The fourth-order valence-electron chi connectivity index (χ4n) is 8.35. The lowest BCUT2D eigenvalue weighted by Crippen LogP contribution is -2.72. The highest BCUT2D eigenvalue weighted by molar-refractivity contribution is 5.84. The highest BCUT2D eigenvalue weighted by Crippen LogP contribution is 2.44. The Morgan fingerprint density at radius 1 is 1.12 bits per heavy atom. The first-order chi connectivity index (χ1) is 24.0. The van der Waals surface area contributed by atoms with Gasteiger partial charge >= 0.3 is 6.09 Å². The minimum absolute atomic E-state index is 0.0180. The quantitative estimate of drug-likeness (QED) is 0.347. The molecule has 4 saturated heterocycles. The first kappa shape index (κ1) is 33.5. The summed E-state index contributed by atoms with van der Waals surface area (Å²) in [5.41, 5.74) is 1.28. The molecule has 6 aliphatic rings. The van der Waals surface area contributed by atoms with Crippen molar-refractivity contribution in [3.8, 4) is 0 Å². The largest absolute Gasteiger partial charge is 0.444 e. The number of amides is 3. The normalized spacial score (nSPS) is 31.7. The number of aromatic nitrogens is 1. The van der Waals surface area contributed by atoms with Gasteiger partial charge in [-0.05, 0) is 83.6 Å². The predicted octanol–water partition coefficient (Wildman–Crippen LogP) is 2.54. The van der Waals surface area contributed by atoms with Crippen LogP contribution in [0, 0.1) is 5.92 Å². The highest BCUT2D eigenvalue weighted by Gasteiger charge is 2.54. The van der Waals surface area contributed by atoms with E-state index in [4.69, 9.17) is 9.47 Å². The summed E-state index contributed by atoms with van der Waals surface area (Å²) in [7, 11) is 1.84. The average molecular weight is 690 g/mol. The Labute approximate surface area is 293 Å². The van der Waals surface area contributed by atoms with Gasteiger partial charge in [0.15, 0.2) is 0 Å². The molecular weight excluding hydrogens is 638 g/mol. The maximum Gasteiger partial charge on any atom is 0.410 e. The number of hydrazine groups is 1. The SMILES string of the molecule is CN(C(=O)OC(C)(C)C)C1(Cn2ccc3cc(NC4NCC5C(=O)N6C/C=C\CCCN7C(=O)COC8CCC(NC87)N6C5N4)ccc32)CC1. The summed E-state index contributed by atoms with van der Waals surface area (Å²) in [5.74, 6) is -0.138. The molecule has 8 rings (SSSR count). The number of likely N-dealkylation sites (N-methyl/N-ethyl adjacent to an activating group) is 1. The lowest BCUT2D eigenvalue weighted by atomic mass is 9.99. The van der Waals surface area contributed by atoms with Gasteiger partial charge in [-0.1, -0.05) is 12.2 Å². The topological polar surface area (TPSA) is 136 Å². The maximum atomic E-state index is 13.9. The van der Waals surface area contributed by atoms with Crippen LogP contribution in [0.25, 0.3) is 10.9 Å². The Morgan fingerprint density at radius 2 is 1.96 bits per heavy atom. The van der Waals surface area contributed by atoms with Gasteiger partial charge in [0.2, 0.25) is 11.8 Å². The van der Waals surface area contributed by atoms with Crippen molar-refractivity contribution in [2.45, 2.75) is 108 Å². The summed E-state index contributed by atoms with van der Waals surface area (Å²) in [5, 5.41) is 19.8. The summed E-state index contributed by atoms with van der Waals surface area (Å²) in [6.07, 6.45) is 10.3. The second-order valence-corrected chi connectivity index (χ2v) is 15.7. The van der Waals surface area contributed by atoms with Gasteiger partial charge in [0.05, 0.1) is 36.4 Å². The summed E-state index contributed by atoms with van der Waals surface area (Å²) in [6.45, 7) is 8.25. The third-order valence-electron chi connectivity index (χ3n) is 11.2. The summed E-state index contributed by atoms with van der Waals surface area (Å²) >= 11 is 0. The number of benzene rings is 1. The number of rotatable bonds is 5. The monoisotopic (exact) mass is 689 g/mol. The number of morpholine rings is 1. The number of hydrogen-bond donors (Lipinski definition) is 4. The molecule has 14 heteroatoms. The molecular formula is C36H51N9O5. The lowest BCUT2D eigenvalue weighted by Gasteiger charge is -2.50. The van der Waals surface area contributed by atoms with E-state index >= 15 is 0 Å². The molecule has 5 fully saturated rings. The Hall–Kier alpha value is -3.69. The van der Waals surface area contributed by atoms with Crippen LogP contribution in [0.15, 0.2) is 42.6 Å². The average Bonchev–Trinajstić information content (AvgIpc) is 3.68. The molecule has 1 aromatic heterocycles.